The minimum atomic E-state index is -0.428. The normalized spacial score (nSPS) is 10.9. The van der Waals surface area contributed by atoms with Gasteiger partial charge in [-0.1, -0.05) is 19.0 Å². The second-order valence-electron chi connectivity index (χ2n) is 4.52. The minimum absolute atomic E-state index is 0.0602. The predicted octanol–water partition coefficient (Wildman–Crippen LogP) is 2.75. The van der Waals surface area contributed by atoms with Crippen molar-refractivity contribution >= 4 is 5.69 Å². The molecule has 0 unspecified atom stereocenters. The third-order valence-electron chi connectivity index (χ3n) is 2.61. The number of hydrogen-bond donors (Lipinski definition) is 1. The van der Waals surface area contributed by atoms with Gasteiger partial charge in [-0.15, -0.1) is 0 Å². The molecule has 0 aliphatic heterocycles. The zero-order chi connectivity index (χ0) is 13.8. The van der Waals surface area contributed by atoms with Crippen LogP contribution >= 0.6 is 0 Å². The van der Waals surface area contributed by atoms with Gasteiger partial charge in [0, 0.05) is 36.3 Å². The maximum atomic E-state index is 10.6. The van der Waals surface area contributed by atoms with Gasteiger partial charge < -0.3 is 9.84 Å². The Bertz CT molecular complexity index is 561. The Morgan fingerprint density at radius 2 is 2.05 bits per heavy atom. The highest BCUT2D eigenvalue weighted by Crippen LogP contribution is 2.23. The molecule has 2 aromatic rings. The van der Waals surface area contributed by atoms with Crippen molar-refractivity contribution in [3.63, 3.8) is 0 Å². The van der Waals surface area contributed by atoms with Crippen molar-refractivity contribution in [3.05, 3.63) is 46.1 Å². The van der Waals surface area contributed by atoms with Crippen molar-refractivity contribution in [2.75, 3.05) is 0 Å². The number of nitrogens with one attached hydrogen (secondary N) is 1. The lowest BCUT2D eigenvalue weighted by molar-refractivity contribution is -0.384. The number of rotatable bonds is 5. The van der Waals surface area contributed by atoms with E-state index in [9.17, 15) is 10.1 Å². The van der Waals surface area contributed by atoms with E-state index in [0.29, 0.717) is 18.3 Å². The summed E-state index contributed by atoms with van der Waals surface area (Å²) in [4.78, 5) is 10.1. The van der Waals surface area contributed by atoms with E-state index in [0.717, 1.165) is 11.3 Å². The van der Waals surface area contributed by atoms with Crippen molar-refractivity contribution in [1.82, 2.24) is 10.5 Å². The molecule has 0 aliphatic rings. The average molecular weight is 261 g/mol. The second kappa shape index (κ2) is 5.62. The molecule has 2 rings (SSSR count). The second-order valence-corrected chi connectivity index (χ2v) is 4.52. The van der Waals surface area contributed by atoms with Crippen molar-refractivity contribution in [1.29, 1.82) is 0 Å². The molecule has 6 nitrogen and oxygen atoms in total. The molecule has 1 aromatic carbocycles. The Morgan fingerprint density at radius 3 is 2.63 bits per heavy atom. The molecule has 0 atom stereocenters. The first-order valence-electron chi connectivity index (χ1n) is 6.00. The van der Waals surface area contributed by atoms with Gasteiger partial charge in [-0.3, -0.25) is 10.1 Å². The van der Waals surface area contributed by atoms with Gasteiger partial charge in [-0.2, -0.15) is 0 Å². The molecule has 1 N–H and O–H groups in total. The van der Waals surface area contributed by atoms with Crippen LogP contribution < -0.4 is 5.32 Å². The van der Waals surface area contributed by atoms with Crippen molar-refractivity contribution < 1.29 is 9.45 Å². The van der Waals surface area contributed by atoms with Crippen LogP contribution in [0.5, 0.6) is 0 Å². The lowest BCUT2D eigenvalue weighted by Crippen LogP contribution is -2.21. The molecule has 0 fully saturated rings. The molecule has 19 heavy (non-hydrogen) atoms. The molecule has 6 heteroatoms. The van der Waals surface area contributed by atoms with Gasteiger partial charge in [0.1, 0.15) is 0 Å². The molecule has 0 bridgehead atoms. The highest BCUT2D eigenvalue weighted by atomic mass is 16.6. The molecule has 0 spiro atoms. The maximum absolute atomic E-state index is 10.6. The molecule has 0 radical (unpaired) electrons. The molecule has 1 heterocycles. The van der Waals surface area contributed by atoms with Crippen LogP contribution in [0.2, 0.25) is 0 Å². The van der Waals surface area contributed by atoms with E-state index in [1.54, 1.807) is 12.1 Å². The Labute approximate surface area is 110 Å². The summed E-state index contributed by atoms with van der Waals surface area (Å²) < 4.78 is 5.22. The average Bonchev–Trinajstić information content (AvgIpc) is 2.85. The van der Waals surface area contributed by atoms with Gasteiger partial charge in [-0.25, -0.2) is 0 Å². The van der Waals surface area contributed by atoms with Gasteiger partial charge in [0.15, 0.2) is 5.76 Å². The zero-order valence-corrected chi connectivity index (χ0v) is 10.8. The van der Waals surface area contributed by atoms with Gasteiger partial charge in [0.2, 0.25) is 0 Å². The van der Waals surface area contributed by atoms with Crippen molar-refractivity contribution in [2.45, 2.75) is 26.4 Å². The number of benzene rings is 1. The van der Waals surface area contributed by atoms with Crippen molar-refractivity contribution in [3.8, 4) is 11.3 Å². The first-order chi connectivity index (χ1) is 9.06. The van der Waals surface area contributed by atoms with Gasteiger partial charge >= 0.3 is 0 Å². The highest BCUT2D eigenvalue weighted by molar-refractivity contribution is 5.59. The number of nitro groups is 1. The number of hydrogen-bond acceptors (Lipinski definition) is 5. The molecular formula is C13H15N3O3. The van der Waals surface area contributed by atoms with Crippen LogP contribution in [0.3, 0.4) is 0 Å². The van der Waals surface area contributed by atoms with Gasteiger partial charge in [0.05, 0.1) is 10.6 Å². The molecule has 100 valence electrons. The van der Waals surface area contributed by atoms with E-state index in [1.165, 1.54) is 12.1 Å². The molecule has 0 saturated carbocycles. The van der Waals surface area contributed by atoms with E-state index < -0.39 is 4.92 Å². The van der Waals surface area contributed by atoms with E-state index in [-0.39, 0.29) is 5.69 Å². The summed E-state index contributed by atoms with van der Waals surface area (Å²) in [5.74, 6) is 0.607. The van der Waals surface area contributed by atoms with Crippen LogP contribution in [0.1, 0.15) is 19.5 Å². The summed E-state index contributed by atoms with van der Waals surface area (Å²) in [7, 11) is 0. The lowest BCUT2D eigenvalue weighted by Gasteiger charge is -2.03. The fourth-order valence-corrected chi connectivity index (χ4v) is 1.59. The lowest BCUT2D eigenvalue weighted by atomic mass is 10.1. The predicted molar refractivity (Wildman–Crippen MR) is 70.6 cm³/mol. The summed E-state index contributed by atoms with van der Waals surface area (Å²) in [5, 5.41) is 17.8. The quantitative estimate of drug-likeness (QED) is 0.661. The summed E-state index contributed by atoms with van der Waals surface area (Å²) in [6, 6.07) is 8.40. The summed E-state index contributed by atoms with van der Waals surface area (Å²) >= 11 is 0. The Balaban J connectivity index is 2.11. The SMILES string of the molecule is CC(C)NCc1cc(-c2ccc([N+](=O)[O-])cc2)on1. The standard InChI is InChI=1S/C13H15N3O3/c1-9(2)14-8-11-7-13(19-15-11)10-3-5-12(6-4-10)16(17)18/h3-7,9,14H,8H2,1-2H3. The fraction of sp³-hybridized carbons (Fsp3) is 0.308. The highest BCUT2D eigenvalue weighted by Gasteiger charge is 2.09. The largest absolute Gasteiger partial charge is 0.356 e. The number of aromatic nitrogens is 1. The Morgan fingerprint density at radius 1 is 1.37 bits per heavy atom. The van der Waals surface area contributed by atoms with Crippen LogP contribution in [-0.4, -0.2) is 16.1 Å². The van der Waals surface area contributed by atoms with E-state index >= 15 is 0 Å². The maximum Gasteiger partial charge on any atom is 0.269 e. The topological polar surface area (TPSA) is 81.2 Å². The smallest absolute Gasteiger partial charge is 0.269 e. The summed E-state index contributed by atoms with van der Waals surface area (Å²) in [6.07, 6.45) is 0. The number of nitro benzene ring substituents is 1. The van der Waals surface area contributed by atoms with Crippen LogP contribution in [0, 0.1) is 10.1 Å². The van der Waals surface area contributed by atoms with Crippen LogP contribution in [-0.2, 0) is 6.54 Å². The monoisotopic (exact) mass is 261 g/mol. The van der Waals surface area contributed by atoms with E-state index in [1.807, 2.05) is 6.07 Å². The number of nitrogens with zero attached hydrogens (tertiary/aromatic N) is 2. The third-order valence-corrected chi connectivity index (χ3v) is 2.61. The third kappa shape index (κ3) is 3.38. The number of non-ortho nitro benzene ring substituents is 1. The van der Waals surface area contributed by atoms with Gasteiger partial charge in [-0.05, 0) is 12.1 Å². The van der Waals surface area contributed by atoms with E-state index in [2.05, 4.69) is 24.3 Å². The molecule has 0 saturated heterocycles. The Hall–Kier alpha value is -2.21. The first-order valence-corrected chi connectivity index (χ1v) is 6.00. The minimum Gasteiger partial charge on any atom is -0.356 e. The van der Waals surface area contributed by atoms with Crippen LogP contribution in [0.15, 0.2) is 34.9 Å². The first kappa shape index (κ1) is 13.2. The Kier molecular flexibility index (Phi) is 3.91. The summed E-state index contributed by atoms with van der Waals surface area (Å²) in [5.41, 5.74) is 1.64. The van der Waals surface area contributed by atoms with Gasteiger partial charge in [0.25, 0.3) is 5.69 Å². The molecular weight excluding hydrogens is 246 g/mol. The molecule has 0 aliphatic carbocycles. The summed E-state index contributed by atoms with van der Waals surface area (Å²) in [6.45, 7) is 4.74. The van der Waals surface area contributed by atoms with Crippen molar-refractivity contribution in [2.24, 2.45) is 0 Å². The fourth-order valence-electron chi connectivity index (χ4n) is 1.59. The van der Waals surface area contributed by atoms with Crippen LogP contribution in [0.25, 0.3) is 11.3 Å². The molecule has 0 amide bonds. The van der Waals surface area contributed by atoms with Crippen LogP contribution in [0.4, 0.5) is 5.69 Å². The zero-order valence-electron chi connectivity index (χ0n) is 10.8. The van der Waals surface area contributed by atoms with E-state index in [4.69, 9.17) is 4.52 Å². The molecule has 1 aromatic heterocycles.